The third-order valence-corrected chi connectivity index (χ3v) is 6.26. The average molecular weight is 423 g/mol. The molecule has 2 aliphatic rings. The van der Waals surface area contributed by atoms with Crippen molar-refractivity contribution in [2.45, 2.75) is 38.6 Å². The molecule has 1 saturated carbocycles. The van der Waals surface area contributed by atoms with Gasteiger partial charge in [0.25, 0.3) is 0 Å². The van der Waals surface area contributed by atoms with Crippen LogP contribution in [0.1, 0.15) is 42.9 Å². The van der Waals surface area contributed by atoms with E-state index in [2.05, 4.69) is 5.32 Å². The third kappa shape index (κ3) is 4.53. The lowest BCUT2D eigenvalue weighted by molar-refractivity contribution is -0.129. The molecule has 0 bridgehead atoms. The summed E-state index contributed by atoms with van der Waals surface area (Å²) in [6.45, 7) is 2.73. The number of nitrogens with one attached hydrogen (secondary N) is 1. The molecule has 4 rings (SSSR count). The summed E-state index contributed by atoms with van der Waals surface area (Å²) in [4.78, 5) is 28.1. The van der Waals surface area contributed by atoms with Crippen LogP contribution in [0, 0.1) is 18.8 Å². The number of rotatable bonds is 7. The van der Waals surface area contributed by atoms with Gasteiger partial charge in [0.1, 0.15) is 0 Å². The number of benzene rings is 2. The average Bonchev–Trinajstić information content (AvgIpc) is 3.62. The van der Waals surface area contributed by atoms with E-state index >= 15 is 0 Å². The van der Waals surface area contributed by atoms with Crippen molar-refractivity contribution in [3.8, 4) is 11.5 Å². The van der Waals surface area contributed by atoms with Gasteiger partial charge in [-0.25, -0.2) is 0 Å². The van der Waals surface area contributed by atoms with Crippen molar-refractivity contribution in [3.05, 3.63) is 53.6 Å². The topological polar surface area (TPSA) is 67.9 Å². The number of aryl methyl sites for hydroxylation is 1. The van der Waals surface area contributed by atoms with Crippen LogP contribution in [-0.4, -0.2) is 32.6 Å². The zero-order chi connectivity index (χ0) is 22.0. The van der Waals surface area contributed by atoms with Crippen molar-refractivity contribution in [3.63, 3.8) is 0 Å². The molecule has 2 aromatic carbocycles. The maximum Gasteiger partial charge on any atom is 0.227 e. The van der Waals surface area contributed by atoms with Gasteiger partial charge in [0.2, 0.25) is 11.8 Å². The molecule has 1 aliphatic heterocycles. The highest BCUT2D eigenvalue weighted by Crippen LogP contribution is 2.42. The van der Waals surface area contributed by atoms with Crippen molar-refractivity contribution < 1.29 is 19.1 Å². The summed E-state index contributed by atoms with van der Waals surface area (Å²) in [7, 11) is 3.18. The summed E-state index contributed by atoms with van der Waals surface area (Å²) in [5.74, 6) is 1.49. The van der Waals surface area contributed by atoms with Crippen LogP contribution in [-0.2, 0) is 9.59 Å². The molecule has 2 aromatic rings. The first-order valence-corrected chi connectivity index (χ1v) is 10.9. The molecule has 1 aliphatic carbocycles. The molecule has 0 unspecified atom stereocenters. The number of nitrogens with zero attached hydrogens (tertiary/aromatic N) is 1. The molecule has 1 heterocycles. The van der Waals surface area contributed by atoms with Crippen molar-refractivity contribution in [1.29, 1.82) is 0 Å². The van der Waals surface area contributed by atoms with Gasteiger partial charge in [-0.15, -0.1) is 0 Å². The van der Waals surface area contributed by atoms with E-state index in [0.29, 0.717) is 36.8 Å². The fraction of sp³-hybridized carbons (Fsp3) is 0.440. The number of hydrogen-bond donors (Lipinski definition) is 1. The van der Waals surface area contributed by atoms with Gasteiger partial charge in [0.15, 0.2) is 11.5 Å². The largest absolute Gasteiger partial charge is 0.493 e. The Bertz CT molecular complexity index is 952. The third-order valence-electron chi connectivity index (χ3n) is 6.26. The number of ether oxygens (including phenoxy) is 2. The Morgan fingerprint density at radius 2 is 1.74 bits per heavy atom. The maximum atomic E-state index is 13.2. The minimum atomic E-state index is -0.414. The number of piperidine rings is 1. The summed E-state index contributed by atoms with van der Waals surface area (Å²) < 4.78 is 10.9. The predicted octanol–water partition coefficient (Wildman–Crippen LogP) is 4.02. The first kappa shape index (κ1) is 21.2. The highest BCUT2D eigenvalue weighted by atomic mass is 16.5. The highest BCUT2D eigenvalue weighted by molar-refractivity contribution is 5.97. The van der Waals surface area contributed by atoms with Crippen molar-refractivity contribution in [1.82, 2.24) is 5.32 Å². The zero-order valence-corrected chi connectivity index (χ0v) is 18.4. The first-order chi connectivity index (χ1) is 15.0. The monoisotopic (exact) mass is 422 g/mol. The van der Waals surface area contributed by atoms with E-state index in [-0.39, 0.29) is 17.7 Å². The van der Waals surface area contributed by atoms with Crippen molar-refractivity contribution in [2.24, 2.45) is 11.8 Å². The quantitative estimate of drug-likeness (QED) is 0.732. The summed E-state index contributed by atoms with van der Waals surface area (Å²) in [5, 5.41) is 3.13. The fourth-order valence-corrected chi connectivity index (χ4v) is 4.29. The fourth-order valence-electron chi connectivity index (χ4n) is 4.29. The normalized spacial score (nSPS) is 21.0. The minimum Gasteiger partial charge on any atom is -0.493 e. The number of anilines is 1. The molecule has 1 N–H and O–H groups in total. The van der Waals surface area contributed by atoms with Gasteiger partial charge in [-0.2, -0.15) is 0 Å². The SMILES string of the molecule is COc1ccc([C@@H]2[C@@H](C(=O)NCC3CC3)CCC(=O)N2c2ccc(C)cc2)cc1OC. The van der Waals surface area contributed by atoms with Gasteiger partial charge < -0.3 is 19.7 Å². The van der Waals surface area contributed by atoms with E-state index in [0.717, 1.165) is 16.8 Å². The molecule has 0 aromatic heterocycles. The second kappa shape index (κ2) is 9.00. The second-order valence-electron chi connectivity index (χ2n) is 8.49. The molecule has 2 atom stereocenters. The van der Waals surface area contributed by atoms with Gasteiger partial charge in [-0.1, -0.05) is 23.8 Å². The van der Waals surface area contributed by atoms with Gasteiger partial charge in [-0.3, -0.25) is 9.59 Å². The van der Waals surface area contributed by atoms with Gasteiger partial charge in [0.05, 0.1) is 26.2 Å². The van der Waals surface area contributed by atoms with Gasteiger partial charge in [0, 0.05) is 18.7 Å². The molecule has 6 nitrogen and oxygen atoms in total. The van der Waals surface area contributed by atoms with Crippen LogP contribution in [0.25, 0.3) is 0 Å². The Hall–Kier alpha value is -3.02. The van der Waals surface area contributed by atoms with Gasteiger partial charge >= 0.3 is 0 Å². The smallest absolute Gasteiger partial charge is 0.227 e. The lowest BCUT2D eigenvalue weighted by atomic mass is 9.83. The Kier molecular flexibility index (Phi) is 6.16. The number of amides is 2. The maximum absolute atomic E-state index is 13.2. The molecule has 31 heavy (non-hydrogen) atoms. The number of methoxy groups -OCH3 is 2. The summed E-state index contributed by atoms with van der Waals surface area (Å²) in [6, 6.07) is 13.1. The molecule has 1 saturated heterocycles. The summed E-state index contributed by atoms with van der Waals surface area (Å²) >= 11 is 0. The molecule has 0 spiro atoms. The zero-order valence-electron chi connectivity index (χ0n) is 18.4. The van der Waals surface area contributed by atoms with E-state index in [1.165, 1.54) is 12.8 Å². The number of carbonyl (C=O) groups excluding carboxylic acids is 2. The van der Waals surface area contributed by atoms with Crippen LogP contribution in [0.4, 0.5) is 5.69 Å². The van der Waals surface area contributed by atoms with E-state index in [1.807, 2.05) is 49.4 Å². The molecule has 2 fully saturated rings. The summed E-state index contributed by atoms with van der Waals surface area (Å²) in [6.07, 6.45) is 3.23. The Labute approximate surface area is 183 Å². The molecular weight excluding hydrogens is 392 g/mol. The molecule has 0 radical (unpaired) electrons. The molecular formula is C25H30N2O4. The van der Waals surface area contributed by atoms with Crippen LogP contribution in [0.2, 0.25) is 0 Å². The minimum absolute atomic E-state index is 0.0105. The van der Waals surface area contributed by atoms with Crippen molar-refractivity contribution in [2.75, 3.05) is 25.7 Å². The van der Waals surface area contributed by atoms with Crippen molar-refractivity contribution >= 4 is 17.5 Å². The van der Waals surface area contributed by atoms with E-state index < -0.39 is 6.04 Å². The number of carbonyl (C=O) groups is 2. The van der Waals surface area contributed by atoms with Crippen LogP contribution >= 0.6 is 0 Å². The number of hydrogen-bond acceptors (Lipinski definition) is 4. The van der Waals surface area contributed by atoms with Crippen LogP contribution in [0.15, 0.2) is 42.5 Å². The highest BCUT2D eigenvalue weighted by Gasteiger charge is 2.42. The van der Waals surface area contributed by atoms with Gasteiger partial charge in [-0.05, 0) is 61.9 Å². The Morgan fingerprint density at radius 1 is 1.03 bits per heavy atom. The second-order valence-corrected chi connectivity index (χ2v) is 8.49. The van der Waals surface area contributed by atoms with Crippen LogP contribution in [0.3, 0.4) is 0 Å². The lowest BCUT2D eigenvalue weighted by Crippen LogP contribution is -2.48. The standard InChI is InChI=1S/C25H30N2O4/c1-16-4-9-19(10-5-16)27-23(28)13-11-20(25(29)26-15-17-6-7-17)24(27)18-8-12-21(30-2)22(14-18)31-3/h4-5,8-10,12,14,17,20,24H,6-7,11,13,15H2,1-3H3,(H,26,29)/t20-,24+/m0/s1. The Morgan fingerprint density at radius 3 is 2.39 bits per heavy atom. The van der Waals surface area contributed by atoms with E-state index in [1.54, 1.807) is 19.1 Å². The Balaban J connectivity index is 1.74. The predicted molar refractivity (Wildman–Crippen MR) is 119 cm³/mol. The van der Waals surface area contributed by atoms with Crippen LogP contribution < -0.4 is 19.7 Å². The molecule has 164 valence electrons. The molecule has 2 amide bonds. The van der Waals surface area contributed by atoms with E-state index in [9.17, 15) is 9.59 Å². The first-order valence-electron chi connectivity index (χ1n) is 10.9. The van der Waals surface area contributed by atoms with E-state index in [4.69, 9.17) is 9.47 Å². The summed E-state index contributed by atoms with van der Waals surface area (Å²) in [5.41, 5.74) is 2.78. The molecule has 6 heteroatoms. The lowest BCUT2D eigenvalue weighted by Gasteiger charge is -2.41. The van der Waals surface area contributed by atoms with Crippen LogP contribution in [0.5, 0.6) is 11.5 Å².